The highest BCUT2D eigenvalue weighted by molar-refractivity contribution is 9.10. The van der Waals surface area contributed by atoms with Gasteiger partial charge in [0.1, 0.15) is 5.75 Å². The number of rotatable bonds is 4. The van der Waals surface area contributed by atoms with Crippen LogP contribution in [0.3, 0.4) is 0 Å². The van der Waals surface area contributed by atoms with Crippen molar-refractivity contribution in [3.8, 4) is 11.8 Å². The molecule has 4 heteroatoms. The Morgan fingerprint density at radius 3 is 2.65 bits per heavy atom. The average Bonchev–Trinajstić information content (AvgIpc) is 2.36. The largest absolute Gasteiger partial charge is 0.496 e. The Bertz CT molecular complexity index is 442. The van der Waals surface area contributed by atoms with E-state index in [9.17, 15) is 5.11 Å². The predicted octanol–water partition coefficient (Wildman–Crippen LogP) is 3.43. The molecule has 3 nitrogen and oxygen atoms in total. The van der Waals surface area contributed by atoms with Gasteiger partial charge in [0.05, 0.1) is 29.2 Å². The second kappa shape index (κ2) is 5.52. The summed E-state index contributed by atoms with van der Waals surface area (Å²) in [5, 5.41) is 19.4. The lowest BCUT2D eigenvalue weighted by Crippen LogP contribution is -2.22. The molecule has 1 aromatic rings. The summed E-state index contributed by atoms with van der Waals surface area (Å²) in [4.78, 5) is 0. The first-order valence-electron chi connectivity index (χ1n) is 5.41. The molecule has 1 rings (SSSR count). The molecule has 0 heterocycles. The van der Waals surface area contributed by atoms with Crippen molar-refractivity contribution in [1.29, 1.82) is 5.26 Å². The maximum absolute atomic E-state index is 10.2. The first-order chi connectivity index (χ1) is 7.98. The molecule has 17 heavy (non-hydrogen) atoms. The van der Waals surface area contributed by atoms with E-state index < -0.39 is 11.5 Å². The van der Waals surface area contributed by atoms with Crippen LogP contribution in [0.5, 0.6) is 5.75 Å². The number of methoxy groups -OCH3 is 1. The van der Waals surface area contributed by atoms with Crippen LogP contribution in [0.2, 0.25) is 0 Å². The van der Waals surface area contributed by atoms with Crippen molar-refractivity contribution in [1.82, 2.24) is 0 Å². The molecule has 0 saturated carbocycles. The van der Waals surface area contributed by atoms with E-state index in [2.05, 4.69) is 22.0 Å². The van der Waals surface area contributed by atoms with Gasteiger partial charge in [-0.2, -0.15) is 5.26 Å². The lowest BCUT2D eigenvalue weighted by Gasteiger charge is -2.26. The molecule has 1 aromatic carbocycles. The van der Waals surface area contributed by atoms with Gasteiger partial charge in [-0.05, 0) is 47.0 Å². The van der Waals surface area contributed by atoms with Crippen LogP contribution in [0.4, 0.5) is 0 Å². The summed E-state index contributed by atoms with van der Waals surface area (Å²) >= 11 is 3.37. The van der Waals surface area contributed by atoms with Crippen LogP contribution in [0.1, 0.15) is 31.9 Å². The summed E-state index contributed by atoms with van der Waals surface area (Å²) in [6, 6.07) is 7.52. The normalized spacial score (nSPS) is 15.8. The molecule has 2 unspecified atom stereocenters. The third-order valence-corrected chi connectivity index (χ3v) is 3.70. The van der Waals surface area contributed by atoms with Gasteiger partial charge in [-0.15, -0.1) is 0 Å². The Morgan fingerprint density at radius 2 is 2.24 bits per heavy atom. The number of ether oxygens (including phenoxy) is 1. The lowest BCUT2D eigenvalue weighted by molar-refractivity contribution is 0.0721. The van der Waals surface area contributed by atoms with Crippen LogP contribution in [0.15, 0.2) is 22.7 Å². The maximum Gasteiger partial charge on any atom is 0.133 e. The number of benzene rings is 1. The van der Waals surface area contributed by atoms with E-state index in [1.165, 1.54) is 0 Å². The van der Waals surface area contributed by atoms with Crippen molar-refractivity contribution in [2.75, 3.05) is 7.11 Å². The van der Waals surface area contributed by atoms with Crippen LogP contribution >= 0.6 is 15.9 Å². The third kappa shape index (κ3) is 2.80. The van der Waals surface area contributed by atoms with Gasteiger partial charge in [0.15, 0.2) is 0 Å². The Hall–Kier alpha value is -1.05. The number of aliphatic hydroxyl groups is 1. The molecule has 1 N–H and O–H groups in total. The monoisotopic (exact) mass is 297 g/mol. The molecule has 0 saturated heterocycles. The highest BCUT2D eigenvalue weighted by Gasteiger charge is 2.32. The van der Waals surface area contributed by atoms with Crippen molar-refractivity contribution < 1.29 is 9.84 Å². The van der Waals surface area contributed by atoms with Crippen molar-refractivity contribution in [3.63, 3.8) is 0 Å². The van der Waals surface area contributed by atoms with E-state index in [-0.39, 0.29) is 0 Å². The molecule has 0 spiro atoms. The van der Waals surface area contributed by atoms with Gasteiger partial charge in [-0.1, -0.05) is 13.0 Å². The van der Waals surface area contributed by atoms with E-state index >= 15 is 0 Å². The molecule has 0 aliphatic rings. The topological polar surface area (TPSA) is 53.2 Å². The van der Waals surface area contributed by atoms with E-state index in [1.807, 2.05) is 6.92 Å². The van der Waals surface area contributed by atoms with Crippen LogP contribution < -0.4 is 4.74 Å². The zero-order valence-corrected chi connectivity index (χ0v) is 11.8. The zero-order chi connectivity index (χ0) is 13.1. The minimum atomic E-state index is -0.806. The quantitative estimate of drug-likeness (QED) is 0.926. The fourth-order valence-electron chi connectivity index (χ4n) is 1.55. The van der Waals surface area contributed by atoms with E-state index in [4.69, 9.17) is 10.00 Å². The first-order valence-corrected chi connectivity index (χ1v) is 6.20. The molecule has 0 aromatic heterocycles. The highest BCUT2D eigenvalue weighted by atomic mass is 79.9. The number of nitrogens with zero attached hydrogens (tertiary/aromatic N) is 1. The molecule has 0 bridgehead atoms. The Balaban J connectivity index is 3.10. The third-order valence-electron chi connectivity index (χ3n) is 3.08. The van der Waals surface area contributed by atoms with Crippen molar-refractivity contribution in [2.24, 2.45) is 5.41 Å². The first kappa shape index (κ1) is 14.0. The zero-order valence-electron chi connectivity index (χ0n) is 10.2. The van der Waals surface area contributed by atoms with Crippen LogP contribution in [-0.4, -0.2) is 12.2 Å². The molecule has 0 radical (unpaired) electrons. The molecule has 2 atom stereocenters. The summed E-state index contributed by atoms with van der Waals surface area (Å²) < 4.78 is 5.90. The minimum absolute atomic E-state index is 0.592. The fraction of sp³-hybridized carbons (Fsp3) is 0.462. The van der Waals surface area contributed by atoms with Crippen LogP contribution in [0, 0.1) is 16.7 Å². The molecule has 0 fully saturated rings. The van der Waals surface area contributed by atoms with Crippen LogP contribution in [0.25, 0.3) is 0 Å². The molecular weight excluding hydrogens is 282 g/mol. The van der Waals surface area contributed by atoms with Crippen molar-refractivity contribution in [2.45, 2.75) is 26.4 Å². The fourth-order valence-corrected chi connectivity index (χ4v) is 2.11. The Morgan fingerprint density at radius 1 is 1.59 bits per heavy atom. The molecule has 0 amide bonds. The van der Waals surface area contributed by atoms with E-state index in [1.54, 1.807) is 32.2 Å². The minimum Gasteiger partial charge on any atom is -0.496 e. The van der Waals surface area contributed by atoms with Crippen molar-refractivity contribution in [3.05, 3.63) is 28.2 Å². The van der Waals surface area contributed by atoms with Gasteiger partial charge in [0.25, 0.3) is 0 Å². The average molecular weight is 298 g/mol. The highest BCUT2D eigenvalue weighted by Crippen LogP contribution is 2.38. The van der Waals surface area contributed by atoms with Gasteiger partial charge in [-0.3, -0.25) is 0 Å². The number of halogens is 1. The molecular formula is C13H16BrNO2. The standard InChI is InChI=1S/C13H16BrNO2/c1-4-13(2,8-15)12(16)9-5-6-11(17-3)10(14)7-9/h5-7,12,16H,4H2,1-3H3. The number of aliphatic hydroxyl groups excluding tert-OH is 1. The molecule has 92 valence electrons. The van der Waals surface area contributed by atoms with Gasteiger partial charge in [0.2, 0.25) is 0 Å². The lowest BCUT2D eigenvalue weighted by atomic mass is 9.80. The summed E-state index contributed by atoms with van der Waals surface area (Å²) in [5.41, 5.74) is -0.0582. The Kier molecular flexibility index (Phi) is 4.55. The van der Waals surface area contributed by atoms with Gasteiger partial charge in [0, 0.05) is 0 Å². The predicted molar refractivity (Wildman–Crippen MR) is 69.7 cm³/mol. The smallest absolute Gasteiger partial charge is 0.133 e. The molecule has 0 aliphatic carbocycles. The summed E-state index contributed by atoms with van der Waals surface area (Å²) in [7, 11) is 1.58. The SMILES string of the molecule is CCC(C)(C#N)C(O)c1ccc(OC)c(Br)c1. The maximum atomic E-state index is 10.2. The number of hydrogen-bond acceptors (Lipinski definition) is 3. The number of hydrogen-bond donors (Lipinski definition) is 1. The number of nitriles is 1. The second-order valence-electron chi connectivity index (χ2n) is 4.18. The van der Waals surface area contributed by atoms with Crippen molar-refractivity contribution >= 4 is 15.9 Å². The summed E-state index contributed by atoms with van der Waals surface area (Å²) in [6.45, 7) is 3.65. The summed E-state index contributed by atoms with van der Waals surface area (Å²) in [6.07, 6.45) is -0.214. The van der Waals surface area contributed by atoms with E-state index in [0.29, 0.717) is 17.7 Å². The Labute approximate surface area is 110 Å². The van der Waals surface area contributed by atoms with E-state index in [0.717, 1.165) is 4.47 Å². The van der Waals surface area contributed by atoms with Gasteiger partial charge >= 0.3 is 0 Å². The van der Waals surface area contributed by atoms with Crippen LogP contribution in [-0.2, 0) is 0 Å². The van der Waals surface area contributed by atoms with Gasteiger partial charge < -0.3 is 9.84 Å². The summed E-state index contributed by atoms with van der Waals surface area (Å²) in [5.74, 6) is 0.705. The molecule has 0 aliphatic heterocycles. The van der Waals surface area contributed by atoms with Gasteiger partial charge in [-0.25, -0.2) is 0 Å². The second-order valence-corrected chi connectivity index (χ2v) is 5.03.